The van der Waals surface area contributed by atoms with Crippen LogP contribution in [0.5, 0.6) is 11.5 Å². The van der Waals surface area contributed by atoms with Crippen molar-refractivity contribution in [2.24, 2.45) is 0 Å². The van der Waals surface area contributed by atoms with Crippen molar-refractivity contribution < 1.29 is 19.9 Å². The van der Waals surface area contributed by atoms with Gasteiger partial charge in [-0.25, -0.2) is 0 Å². The summed E-state index contributed by atoms with van der Waals surface area (Å²) in [4.78, 5) is 22.2. The monoisotopic (exact) mass is 343 g/mol. The summed E-state index contributed by atoms with van der Waals surface area (Å²) in [5.74, 6) is -2.15. The maximum absolute atomic E-state index is 12.1. The van der Waals surface area contributed by atoms with Gasteiger partial charge >= 0.3 is 5.69 Å². The SMILES string of the molecule is ClCCl.O=C(c1ccccc1)c1ccc(O)c(O)c1[N+](=O)[O-]. The van der Waals surface area contributed by atoms with Gasteiger partial charge in [0.1, 0.15) is 5.56 Å². The van der Waals surface area contributed by atoms with Crippen LogP contribution in [-0.2, 0) is 0 Å². The molecule has 0 radical (unpaired) electrons. The Kier molecular flexibility index (Phi) is 6.62. The zero-order valence-electron chi connectivity index (χ0n) is 11.1. The summed E-state index contributed by atoms with van der Waals surface area (Å²) in [7, 11) is 0. The Morgan fingerprint density at radius 3 is 2.14 bits per heavy atom. The second kappa shape index (κ2) is 8.21. The van der Waals surface area contributed by atoms with Gasteiger partial charge in [0.2, 0.25) is 5.75 Å². The molecule has 2 N–H and O–H groups in total. The Hall–Kier alpha value is -2.31. The van der Waals surface area contributed by atoms with Gasteiger partial charge in [-0.1, -0.05) is 30.3 Å². The molecule has 0 unspecified atom stereocenters. The van der Waals surface area contributed by atoms with Crippen molar-refractivity contribution in [3.63, 3.8) is 0 Å². The molecule has 0 atom stereocenters. The Labute approximate surface area is 135 Å². The summed E-state index contributed by atoms with van der Waals surface area (Å²) in [6, 6.07) is 10.1. The number of halogens is 2. The molecular weight excluding hydrogens is 333 g/mol. The largest absolute Gasteiger partial charge is 0.504 e. The lowest BCUT2D eigenvalue weighted by Gasteiger charge is -2.05. The van der Waals surface area contributed by atoms with Crippen LogP contribution in [0.25, 0.3) is 0 Å². The van der Waals surface area contributed by atoms with Gasteiger partial charge in [-0.2, -0.15) is 0 Å². The molecule has 0 saturated carbocycles. The van der Waals surface area contributed by atoms with Gasteiger partial charge in [-0.15, -0.1) is 23.2 Å². The standard InChI is InChI=1S/C13H9NO5.CH2Cl2/c15-10-7-6-9(11(13(10)17)14(18)19)12(16)8-4-2-1-3-5-8;2-1-3/h1-7,15,17H;1H2. The number of carbonyl (C=O) groups is 1. The molecule has 8 heteroatoms. The molecule has 0 aromatic heterocycles. The Morgan fingerprint density at radius 1 is 1.09 bits per heavy atom. The average Bonchev–Trinajstić information content (AvgIpc) is 2.50. The van der Waals surface area contributed by atoms with E-state index in [1.165, 1.54) is 12.1 Å². The number of hydrogen-bond donors (Lipinski definition) is 2. The number of nitro groups is 1. The van der Waals surface area contributed by atoms with E-state index in [1.54, 1.807) is 18.2 Å². The van der Waals surface area contributed by atoms with Crippen molar-refractivity contribution in [2.45, 2.75) is 0 Å². The molecule has 6 nitrogen and oxygen atoms in total. The summed E-state index contributed by atoms with van der Waals surface area (Å²) in [6.07, 6.45) is 0. The summed E-state index contributed by atoms with van der Waals surface area (Å²) < 4.78 is 0. The predicted molar refractivity (Wildman–Crippen MR) is 82.9 cm³/mol. The zero-order chi connectivity index (χ0) is 16.7. The Balaban J connectivity index is 0.000000745. The molecule has 0 bridgehead atoms. The molecule has 2 rings (SSSR count). The van der Waals surface area contributed by atoms with Crippen LogP contribution >= 0.6 is 23.2 Å². The van der Waals surface area contributed by atoms with Crippen LogP contribution in [0.3, 0.4) is 0 Å². The van der Waals surface area contributed by atoms with Crippen LogP contribution in [-0.4, -0.2) is 26.3 Å². The lowest BCUT2D eigenvalue weighted by molar-refractivity contribution is -0.386. The summed E-state index contributed by atoms with van der Waals surface area (Å²) in [5.41, 5.74) is -0.809. The number of nitrogens with zero attached hydrogens (tertiary/aromatic N) is 1. The van der Waals surface area contributed by atoms with Crippen molar-refractivity contribution >= 4 is 34.7 Å². The van der Waals surface area contributed by atoms with E-state index in [0.717, 1.165) is 12.1 Å². The highest BCUT2D eigenvalue weighted by Gasteiger charge is 2.27. The number of nitro benzene ring substituents is 1. The van der Waals surface area contributed by atoms with Crippen molar-refractivity contribution in [1.29, 1.82) is 0 Å². The number of hydrogen-bond acceptors (Lipinski definition) is 5. The van der Waals surface area contributed by atoms with E-state index in [9.17, 15) is 25.1 Å². The molecule has 0 saturated heterocycles. The topological polar surface area (TPSA) is 101 Å². The number of rotatable bonds is 3. The fourth-order valence-corrected chi connectivity index (χ4v) is 1.68. The molecule has 0 aliphatic carbocycles. The molecular formula is C14H11Cl2NO5. The molecule has 2 aromatic rings. The third-order valence-electron chi connectivity index (χ3n) is 2.59. The van der Waals surface area contributed by atoms with E-state index in [-0.39, 0.29) is 16.5 Å². The highest BCUT2D eigenvalue weighted by atomic mass is 35.5. The molecule has 116 valence electrons. The molecule has 0 aliphatic rings. The number of alkyl halides is 2. The summed E-state index contributed by atoms with van der Waals surface area (Å²) in [5, 5.41) is 29.9. The molecule has 0 heterocycles. The van der Waals surface area contributed by atoms with Crippen LogP contribution in [0.1, 0.15) is 15.9 Å². The maximum Gasteiger partial charge on any atom is 0.325 e. The number of carbonyl (C=O) groups excluding carboxylic acids is 1. The second-order valence-corrected chi connectivity index (χ2v) is 4.69. The first-order valence-electron chi connectivity index (χ1n) is 5.85. The molecule has 2 aromatic carbocycles. The highest BCUT2D eigenvalue weighted by Crippen LogP contribution is 2.38. The Morgan fingerprint density at radius 2 is 1.64 bits per heavy atom. The number of ketones is 1. The lowest BCUT2D eigenvalue weighted by Crippen LogP contribution is -2.05. The fourth-order valence-electron chi connectivity index (χ4n) is 1.68. The number of benzene rings is 2. The number of phenolic OH excluding ortho intramolecular Hbond substituents is 2. The van der Waals surface area contributed by atoms with Crippen molar-refractivity contribution in [2.75, 3.05) is 5.34 Å². The van der Waals surface area contributed by atoms with Crippen LogP contribution in [0.15, 0.2) is 42.5 Å². The minimum Gasteiger partial charge on any atom is -0.504 e. The van der Waals surface area contributed by atoms with Gasteiger partial charge in [0.25, 0.3) is 0 Å². The average molecular weight is 344 g/mol. The van der Waals surface area contributed by atoms with E-state index in [0.29, 0.717) is 0 Å². The molecule has 0 fully saturated rings. The van der Waals surface area contributed by atoms with Gasteiger partial charge < -0.3 is 10.2 Å². The quantitative estimate of drug-likeness (QED) is 0.291. The van der Waals surface area contributed by atoms with Crippen molar-refractivity contribution in [3.05, 3.63) is 63.7 Å². The fraction of sp³-hybridized carbons (Fsp3) is 0.0714. The Bertz CT molecular complexity index is 676. The van der Waals surface area contributed by atoms with Gasteiger partial charge in [-0.05, 0) is 12.1 Å². The minimum atomic E-state index is -0.910. The van der Waals surface area contributed by atoms with Crippen LogP contribution in [0, 0.1) is 10.1 Å². The molecule has 0 amide bonds. The van der Waals surface area contributed by atoms with Gasteiger partial charge in [0, 0.05) is 5.56 Å². The molecule has 22 heavy (non-hydrogen) atoms. The van der Waals surface area contributed by atoms with E-state index in [2.05, 4.69) is 0 Å². The van der Waals surface area contributed by atoms with Gasteiger partial charge in [0.15, 0.2) is 11.5 Å². The smallest absolute Gasteiger partial charge is 0.325 e. The summed E-state index contributed by atoms with van der Waals surface area (Å²) >= 11 is 9.53. The zero-order valence-corrected chi connectivity index (χ0v) is 12.6. The van der Waals surface area contributed by atoms with Crippen LogP contribution in [0.2, 0.25) is 0 Å². The van der Waals surface area contributed by atoms with Crippen LogP contribution in [0.4, 0.5) is 5.69 Å². The minimum absolute atomic E-state index is 0.194. The molecule has 0 aliphatic heterocycles. The number of phenols is 2. The number of aromatic hydroxyl groups is 2. The lowest BCUT2D eigenvalue weighted by atomic mass is 10.0. The first-order chi connectivity index (χ1) is 10.4. The van der Waals surface area contributed by atoms with E-state index >= 15 is 0 Å². The van der Waals surface area contributed by atoms with Crippen molar-refractivity contribution in [3.8, 4) is 11.5 Å². The maximum atomic E-state index is 12.1. The normalized spacial score (nSPS) is 9.55. The van der Waals surface area contributed by atoms with Crippen LogP contribution < -0.4 is 0 Å². The third-order valence-corrected chi connectivity index (χ3v) is 2.59. The van der Waals surface area contributed by atoms with Gasteiger partial charge in [-0.3, -0.25) is 14.9 Å². The first kappa shape index (κ1) is 17.7. The second-order valence-electron chi connectivity index (χ2n) is 3.88. The first-order valence-corrected chi connectivity index (χ1v) is 6.92. The van der Waals surface area contributed by atoms with E-state index < -0.39 is 27.9 Å². The van der Waals surface area contributed by atoms with Crippen molar-refractivity contribution in [1.82, 2.24) is 0 Å². The molecule has 0 spiro atoms. The predicted octanol–water partition coefficient (Wildman–Crippen LogP) is 3.66. The highest BCUT2D eigenvalue weighted by molar-refractivity contribution is 6.40. The summed E-state index contributed by atoms with van der Waals surface area (Å²) in [6.45, 7) is 0. The van der Waals surface area contributed by atoms with E-state index in [4.69, 9.17) is 23.2 Å². The van der Waals surface area contributed by atoms with Gasteiger partial charge in [0.05, 0.1) is 10.3 Å². The third kappa shape index (κ3) is 4.09. The van der Waals surface area contributed by atoms with E-state index in [1.807, 2.05) is 0 Å².